The van der Waals surface area contributed by atoms with Crippen LogP contribution in [-0.2, 0) is 11.4 Å². The maximum atomic E-state index is 5.83. The molecule has 1 fully saturated rings. The molecule has 15 heavy (non-hydrogen) atoms. The molecule has 0 aromatic heterocycles. The van der Waals surface area contributed by atoms with Crippen molar-refractivity contribution in [3.63, 3.8) is 0 Å². The van der Waals surface area contributed by atoms with Crippen molar-refractivity contribution in [2.75, 3.05) is 0 Å². The average molecular weight is 272 g/mol. The van der Waals surface area contributed by atoms with Crippen LogP contribution in [0.2, 0.25) is 0 Å². The molecule has 0 heterocycles. The summed E-state index contributed by atoms with van der Waals surface area (Å²) in [6.45, 7) is 0.376. The molecule has 0 saturated heterocycles. The summed E-state index contributed by atoms with van der Waals surface area (Å²) in [6, 6.07) is 5.89. The largest absolute Gasteiger partial charge is 0.490 e. The van der Waals surface area contributed by atoms with E-state index in [9.17, 15) is 0 Å². The van der Waals surface area contributed by atoms with Crippen LogP contribution in [-0.4, -0.2) is 6.10 Å². The molecule has 0 amide bonds. The average Bonchev–Trinajstić information content (AvgIpc) is 2.14. The monoisotopic (exact) mass is 271 g/mol. The van der Waals surface area contributed by atoms with E-state index < -0.39 is 0 Å². The summed E-state index contributed by atoms with van der Waals surface area (Å²) in [7, 11) is 0. The summed E-state index contributed by atoms with van der Waals surface area (Å²) in [6.07, 6.45) is 3.95. The topological polar surface area (TPSA) is 44.5 Å². The zero-order valence-electron chi connectivity index (χ0n) is 8.41. The van der Waals surface area contributed by atoms with Gasteiger partial charge in [0.05, 0.1) is 12.7 Å². The molecule has 0 atom stereocenters. The second-order valence-electron chi connectivity index (χ2n) is 3.73. The number of hydrogen-bond donors (Lipinski definition) is 1. The van der Waals surface area contributed by atoms with Crippen molar-refractivity contribution >= 4 is 15.9 Å². The highest BCUT2D eigenvalue weighted by molar-refractivity contribution is 9.10. The number of halogens is 1. The molecule has 3 nitrogen and oxygen atoms in total. The van der Waals surface area contributed by atoms with Gasteiger partial charge in [-0.25, -0.2) is 5.90 Å². The molecule has 4 heteroatoms. The molecule has 2 rings (SSSR count). The number of ether oxygens (including phenoxy) is 1. The van der Waals surface area contributed by atoms with Crippen LogP contribution >= 0.6 is 15.9 Å². The summed E-state index contributed by atoms with van der Waals surface area (Å²) in [5.41, 5.74) is 0.985. The SMILES string of the molecule is NOCc1cc(Br)ccc1OC1CCC1. The van der Waals surface area contributed by atoms with Gasteiger partial charge in [-0.15, -0.1) is 0 Å². The fourth-order valence-electron chi connectivity index (χ4n) is 1.53. The number of rotatable bonds is 4. The van der Waals surface area contributed by atoms with Gasteiger partial charge in [0.15, 0.2) is 0 Å². The summed E-state index contributed by atoms with van der Waals surface area (Å²) < 4.78 is 6.84. The van der Waals surface area contributed by atoms with Gasteiger partial charge < -0.3 is 4.74 Å². The highest BCUT2D eigenvalue weighted by Crippen LogP contribution is 2.29. The van der Waals surface area contributed by atoms with E-state index in [1.54, 1.807) is 0 Å². The van der Waals surface area contributed by atoms with E-state index >= 15 is 0 Å². The molecule has 0 aliphatic heterocycles. The van der Waals surface area contributed by atoms with Crippen molar-refractivity contribution in [3.8, 4) is 5.75 Å². The van der Waals surface area contributed by atoms with Gasteiger partial charge >= 0.3 is 0 Å². The third kappa shape index (κ3) is 2.71. The Balaban J connectivity index is 2.12. The Bertz CT molecular complexity index is 339. The molecule has 1 aromatic rings. The lowest BCUT2D eigenvalue weighted by Crippen LogP contribution is -2.25. The van der Waals surface area contributed by atoms with Crippen molar-refractivity contribution in [1.82, 2.24) is 0 Å². The van der Waals surface area contributed by atoms with E-state index in [-0.39, 0.29) is 0 Å². The van der Waals surface area contributed by atoms with Gasteiger partial charge in [0.2, 0.25) is 0 Å². The molecule has 0 unspecified atom stereocenters. The van der Waals surface area contributed by atoms with Crippen molar-refractivity contribution in [3.05, 3.63) is 28.2 Å². The summed E-state index contributed by atoms with van der Waals surface area (Å²) >= 11 is 3.41. The van der Waals surface area contributed by atoms with Gasteiger partial charge in [-0.1, -0.05) is 15.9 Å². The number of nitrogens with two attached hydrogens (primary N) is 1. The molecule has 0 spiro atoms. The van der Waals surface area contributed by atoms with E-state index in [0.717, 1.165) is 28.6 Å². The van der Waals surface area contributed by atoms with Crippen LogP contribution in [0.3, 0.4) is 0 Å². The Kier molecular flexibility index (Phi) is 3.61. The molecule has 0 radical (unpaired) electrons. The first-order chi connectivity index (χ1) is 7.29. The standard InChI is InChI=1S/C11H14BrNO2/c12-9-4-5-11(8(6-9)7-14-13)15-10-2-1-3-10/h4-6,10H,1-3,7,13H2. The summed E-state index contributed by atoms with van der Waals surface area (Å²) in [5, 5.41) is 0. The van der Waals surface area contributed by atoms with Crippen molar-refractivity contribution < 1.29 is 9.57 Å². The quantitative estimate of drug-likeness (QED) is 0.857. The van der Waals surface area contributed by atoms with E-state index in [2.05, 4.69) is 20.8 Å². The molecule has 1 aromatic carbocycles. The number of hydrogen-bond acceptors (Lipinski definition) is 3. The molecule has 1 aliphatic rings. The molecular weight excluding hydrogens is 258 g/mol. The maximum absolute atomic E-state index is 5.83. The minimum Gasteiger partial charge on any atom is -0.490 e. The zero-order valence-corrected chi connectivity index (χ0v) is 10.00. The highest BCUT2D eigenvalue weighted by atomic mass is 79.9. The first kappa shape index (κ1) is 10.9. The summed E-state index contributed by atoms with van der Waals surface area (Å²) in [4.78, 5) is 4.66. The normalized spacial score (nSPS) is 16.1. The second-order valence-corrected chi connectivity index (χ2v) is 4.65. The molecule has 0 bridgehead atoms. The van der Waals surface area contributed by atoms with E-state index in [0.29, 0.717) is 12.7 Å². The van der Waals surface area contributed by atoms with Gasteiger partial charge in [-0.3, -0.25) is 4.84 Å². The molecule has 1 saturated carbocycles. The predicted molar refractivity (Wildman–Crippen MR) is 61.4 cm³/mol. The lowest BCUT2D eigenvalue weighted by atomic mass is 9.96. The van der Waals surface area contributed by atoms with Crippen LogP contribution in [0.15, 0.2) is 22.7 Å². The lowest BCUT2D eigenvalue weighted by molar-refractivity contribution is 0.101. The fourth-order valence-corrected chi connectivity index (χ4v) is 1.94. The van der Waals surface area contributed by atoms with Crippen LogP contribution in [0.1, 0.15) is 24.8 Å². The number of benzene rings is 1. The van der Waals surface area contributed by atoms with Crippen molar-refractivity contribution in [2.24, 2.45) is 5.90 Å². The maximum Gasteiger partial charge on any atom is 0.125 e. The zero-order chi connectivity index (χ0) is 10.7. The Morgan fingerprint density at radius 1 is 1.40 bits per heavy atom. The fraction of sp³-hybridized carbons (Fsp3) is 0.455. The van der Waals surface area contributed by atoms with Crippen LogP contribution in [0.25, 0.3) is 0 Å². The first-order valence-electron chi connectivity index (χ1n) is 5.06. The Morgan fingerprint density at radius 2 is 2.20 bits per heavy atom. The van der Waals surface area contributed by atoms with E-state index in [1.165, 1.54) is 6.42 Å². The Hall–Kier alpha value is -0.580. The summed E-state index contributed by atoms with van der Waals surface area (Å²) in [5.74, 6) is 5.97. The van der Waals surface area contributed by atoms with Crippen LogP contribution in [0.4, 0.5) is 0 Å². The van der Waals surface area contributed by atoms with E-state index in [4.69, 9.17) is 10.6 Å². The minimum atomic E-state index is 0.376. The van der Waals surface area contributed by atoms with Gasteiger partial charge in [0, 0.05) is 10.0 Å². The van der Waals surface area contributed by atoms with Crippen LogP contribution in [0.5, 0.6) is 5.75 Å². The van der Waals surface area contributed by atoms with Gasteiger partial charge in [-0.05, 0) is 37.5 Å². The van der Waals surface area contributed by atoms with Crippen molar-refractivity contribution in [1.29, 1.82) is 0 Å². The molecule has 2 N–H and O–H groups in total. The lowest BCUT2D eigenvalue weighted by Gasteiger charge is -2.27. The smallest absolute Gasteiger partial charge is 0.125 e. The third-order valence-corrected chi connectivity index (χ3v) is 3.10. The third-order valence-electron chi connectivity index (χ3n) is 2.61. The van der Waals surface area contributed by atoms with Crippen molar-refractivity contribution in [2.45, 2.75) is 32.0 Å². The molecule has 82 valence electrons. The minimum absolute atomic E-state index is 0.376. The Morgan fingerprint density at radius 3 is 2.80 bits per heavy atom. The molecular formula is C11H14BrNO2. The first-order valence-corrected chi connectivity index (χ1v) is 5.85. The van der Waals surface area contributed by atoms with Crippen LogP contribution in [0, 0.1) is 0 Å². The van der Waals surface area contributed by atoms with Gasteiger partial charge in [-0.2, -0.15) is 0 Å². The van der Waals surface area contributed by atoms with Gasteiger partial charge in [0.25, 0.3) is 0 Å². The molecule has 1 aliphatic carbocycles. The van der Waals surface area contributed by atoms with E-state index in [1.807, 2.05) is 18.2 Å². The Labute approximate surface area is 97.6 Å². The highest BCUT2D eigenvalue weighted by Gasteiger charge is 2.20. The van der Waals surface area contributed by atoms with Gasteiger partial charge in [0.1, 0.15) is 5.75 Å². The van der Waals surface area contributed by atoms with Crippen LogP contribution < -0.4 is 10.6 Å². The second kappa shape index (κ2) is 4.96. The predicted octanol–water partition coefficient (Wildman–Crippen LogP) is 2.77.